The van der Waals surface area contributed by atoms with Crippen LogP contribution < -0.4 is 0 Å². The van der Waals surface area contributed by atoms with E-state index in [4.69, 9.17) is 0 Å². The van der Waals surface area contributed by atoms with E-state index in [1.165, 1.54) is 25.5 Å². The number of alkyl halides is 6. The molecule has 5 rings (SSSR count). The lowest BCUT2D eigenvalue weighted by atomic mass is 9.83. The van der Waals surface area contributed by atoms with Gasteiger partial charge in [-0.05, 0) is 78.6 Å². The van der Waals surface area contributed by atoms with E-state index in [-0.39, 0.29) is 23.1 Å². The van der Waals surface area contributed by atoms with Crippen molar-refractivity contribution >= 4 is 6.03 Å². The largest absolute Gasteiger partial charge is 0.416 e. The van der Waals surface area contributed by atoms with E-state index >= 15 is 0 Å². The van der Waals surface area contributed by atoms with Crippen LogP contribution in [0.15, 0.2) is 49.1 Å². The van der Waals surface area contributed by atoms with E-state index < -0.39 is 47.9 Å². The van der Waals surface area contributed by atoms with Crippen molar-refractivity contribution in [1.29, 1.82) is 0 Å². The summed E-state index contributed by atoms with van der Waals surface area (Å²) in [6.45, 7) is 1.56. The Hall–Kier alpha value is -3.64. The van der Waals surface area contributed by atoms with E-state index in [1.807, 2.05) is 0 Å². The maximum Gasteiger partial charge on any atom is 0.416 e. The van der Waals surface area contributed by atoms with Gasteiger partial charge in [0.1, 0.15) is 18.5 Å². The Morgan fingerprint density at radius 2 is 1.73 bits per heavy atom. The van der Waals surface area contributed by atoms with Gasteiger partial charge < -0.3 is 9.80 Å². The number of benzene rings is 2. The summed E-state index contributed by atoms with van der Waals surface area (Å²) < 4.78 is 95.8. The van der Waals surface area contributed by atoms with Crippen LogP contribution in [-0.4, -0.2) is 44.2 Å². The van der Waals surface area contributed by atoms with Gasteiger partial charge in [-0.3, -0.25) is 0 Å². The number of hydrogen-bond acceptors (Lipinski definition) is 3. The zero-order valence-corrected chi connectivity index (χ0v) is 21.6. The van der Waals surface area contributed by atoms with Crippen LogP contribution in [0.1, 0.15) is 59.2 Å². The number of piperidine rings is 1. The predicted octanol–water partition coefficient (Wildman–Crippen LogP) is 6.78. The third kappa shape index (κ3) is 5.37. The van der Waals surface area contributed by atoms with Crippen LogP contribution in [0.4, 0.5) is 35.5 Å². The van der Waals surface area contributed by atoms with Gasteiger partial charge in [0.25, 0.3) is 0 Å². The number of nitrogens with zero attached hydrogens (tertiary/aromatic N) is 5. The topological polar surface area (TPSA) is 54.3 Å². The summed E-state index contributed by atoms with van der Waals surface area (Å²) in [4.78, 5) is 20.4. The molecule has 2 heterocycles. The molecule has 1 aliphatic carbocycles. The van der Waals surface area contributed by atoms with Gasteiger partial charge in [0.05, 0.1) is 23.2 Å². The normalized spacial score (nSPS) is 23.0. The molecule has 0 bridgehead atoms. The van der Waals surface area contributed by atoms with Crippen molar-refractivity contribution in [3.63, 3.8) is 0 Å². The van der Waals surface area contributed by atoms with Gasteiger partial charge in [0.2, 0.25) is 0 Å². The molecule has 6 nitrogen and oxygen atoms in total. The molecule has 1 aliphatic heterocycles. The molecule has 13 heteroatoms. The van der Waals surface area contributed by atoms with Crippen LogP contribution in [0.2, 0.25) is 0 Å². The Morgan fingerprint density at radius 3 is 2.30 bits per heavy atom. The lowest BCUT2D eigenvalue weighted by Crippen LogP contribution is -2.47. The molecule has 2 fully saturated rings. The first-order valence-electron chi connectivity index (χ1n) is 12.6. The Morgan fingerprint density at radius 1 is 1.05 bits per heavy atom. The Kier molecular flexibility index (Phi) is 6.82. The molecule has 1 unspecified atom stereocenters. The summed E-state index contributed by atoms with van der Waals surface area (Å²) in [7, 11) is 1.34. The van der Waals surface area contributed by atoms with Crippen LogP contribution in [0.25, 0.3) is 0 Å². The average molecular weight is 570 g/mol. The van der Waals surface area contributed by atoms with Crippen molar-refractivity contribution in [3.05, 3.63) is 82.7 Å². The number of aryl methyl sites for hydroxylation is 1. The number of aromatic nitrogens is 3. The van der Waals surface area contributed by atoms with Crippen LogP contribution >= 0.6 is 0 Å². The number of hydrogen-bond donors (Lipinski definition) is 0. The van der Waals surface area contributed by atoms with Gasteiger partial charge >= 0.3 is 18.4 Å². The fourth-order valence-electron chi connectivity index (χ4n) is 5.85. The van der Waals surface area contributed by atoms with Crippen molar-refractivity contribution in [2.45, 2.75) is 57.2 Å². The molecule has 40 heavy (non-hydrogen) atoms. The SMILES string of the molecule is Cc1cc(F)ccc1[C@H]1C[C@@]2(CCN1C(=O)N(C)Cc1cc(C(F)(F)F)cc(C(F)(F)F)c1)CC2n1cncn1. The van der Waals surface area contributed by atoms with Crippen molar-refractivity contribution in [1.82, 2.24) is 24.6 Å². The van der Waals surface area contributed by atoms with Crippen LogP contribution in [0.3, 0.4) is 0 Å². The Bertz CT molecular complexity index is 1370. The number of carbonyl (C=O) groups excluding carboxylic acids is 1. The van der Waals surface area contributed by atoms with E-state index in [9.17, 15) is 35.5 Å². The zero-order valence-electron chi connectivity index (χ0n) is 21.6. The van der Waals surface area contributed by atoms with Gasteiger partial charge in [-0.25, -0.2) is 18.9 Å². The lowest BCUT2D eigenvalue weighted by Gasteiger charge is -2.42. The van der Waals surface area contributed by atoms with Crippen molar-refractivity contribution < 1.29 is 35.5 Å². The number of amides is 2. The minimum absolute atomic E-state index is 0.0594. The number of rotatable bonds is 4. The first-order valence-corrected chi connectivity index (χ1v) is 12.6. The van der Waals surface area contributed by atoms with Crippen LogP contribution in [0.5, 0.6) is 0 Å². The molecular weight excluding hydrogens is 543 g/mol. The number of halogens is 7. The minimum Gasteiger partial charge on any atom is -0.323 e. The van der Waals surface area contributed by atoms with Crippen LogP contribution in [0, 0.1) is 18.2 Å². The summed E-state index contributed by atoms with van der Waals surface area (Å²) in [5.41, 5.74) is -1.99. The molecule has 2 aliphatic rings. The molecule has 1 saturated carbocycles. The molecule has 1 spiro atoms. The van der Waals surface area contributed by atoms with Gasteiger partial charge in [0, 0.05) is 20.1 Å². The molecule has 2 amide bonds. The smallest absolute Gasteiger partial charge is 0.323 e. The lowest BCUT2D eigenvalue weighted by molar-refractivity contribution is -0.143. The molecule has 0 radical (unpaired) electrons. The molecule has 214 valence electrons. The average Bonchev–Trinajstić information content (AvgIpc) is 3.28. The number of urea groups is 1. The molecule has 0 N–H and O–H groups in total. The van der Waals surface area contributed by atoms with E-state index in [1.54, 1.807) is 28.9 Å². The highest BCUT2D eigenvalue weighted by Crippen LogP contribution is 2.65. The molecule has 3 aromatic rings. The summed E-state index contributed by atoms with van der Waals surface area (Å²) in [5, 5.41) is 4.24. The summed E-state index contributed by atoms with van der Waals surface area (Å²) in [5.74, 6) is -0.432. The predicted molar refractivity (Wildman–Crippen MR) is 129 cm³/mol. The summed E-state index contributed by atoms with van der Waals surface area (Å²) in [6, 6.07) is 4.65. The molecule has 3 atom stereocenters. The second kappa shape index (κ2) is 9.77. The first-order chi connectivity index (χ1) is 18.7. The third-order valence-electron chi connectivity index (χ3n) is 7.96. The fourth-order valence-corrected chi connectivity index (χ4v) is 5.85. The van der Waals surface area contributed by atoms with Gasteiger partial charge in [-0.15, -0.1) is 0 Å². The number of likely N-dealkylation sites (tertiary alicyclic amines) is 1. The monoisotopic (exact) mass is 569 g/mol. The fraction of sp³-hybridized carbons (Fsp3) is 0.444. The Balaban J connectivity index is 1.42. The summed E-state index contributed by atoms with van der Waals surface area (Å²) in [6.07, 6.45) is -4.94. The standard InChI is InChI=1S/C27H26F7N5O/c1-16-7-20(28)3-4-21(16)22-11-25(12-23(25)39-15-35-14-36-39)5-6-38(22)24(40)37(2)13-17-8-18(26(29,30)31)10-19(9-17)27(32,33)34/h3-4,7-10,14-15,22-23H,5-6,11-13H2,1-2H3/t22-,23?,25+/m1/s1. The number of carbonyl (C=O) groups is 1. The molecule has 2 aromatic carbocycles. The summed E-state index contributed by atoms with van der Waals surface area (Å²) >= 11 is 0. The first kappa shape index (κ1) is 27.9. The van der Waals surface area contributed by atoms with Crippen LogP contribution in [-0.2, 0) is 18.9 Å². The highest BCUT2D eigenvalue weighted by Gasteiger charge is 2.59. The highest BCUT2D eigenvalue weighted by atomic mass is 19.4. The minimum atomic E-state index is -4.99. The Labute approximate surface area is 225 Å². The highest BCUT2D eigenvalue weighted by molar-refractivity contribution is 5.75. The van der Waals surface area contributed by atoms with Crippen molar-refractivity contribution in [3.8, 4) is 0 Å². The van der Waals surface area contributed by atoms with E-state index in [0.717, 1.165) is 16.9 Å². The maximum absolute atomic E-state index is 13.9. The quantitative estimate of drug-likeness (QED) is 0.326. The second-order valence-electron chi connectivity index (χ2n) is 10.7. The molecule has 1 aromatic heterocycles. The van der Waals surface area contributed by atoms with E-state index in [2.05, 4.69) is 10.1 Å². The third-order valence-corrected chi connectivity index (χ3v) is 7.96. The van der Waals surface area contributed by atoms with Crippen molar-refractivity contribution in [2.75, 3.05) is 13.6 Å². The maximum atomic E-state index is 13.9. The zero-order chi connectivity index (χ0) is 29.0. The van der Waals surface area contributed by atoms with Gasteiger partial charge in [-0.2, -0.15) is 31.4 Å². The molecular formula is C27H26F7N5O. The van der Waals surface area contributed by atoms with Crippen molar-refractivity contribution in [2.24, 2.45) is 5.41 Å². The molecule has 1 saturated heterocycles. The van der Waals surface area contributed by atoms with E-state index in [0.29, 0.717) is 37.1 Å². The van der Waals surface area contributed by atoms with Gasteiger partial charge in [-0.1, -0.05) is 6.07 Å². The van der Waals surface area contributed by atoms with Gasteiger partial charge in [0.15, 0.2) is 0 Å². The second-order valence-corrected chi connectivity index (χ2v) is 10.7.